The standard InChI is InChI=1S/C20H27NO5/c1-5-20(2)11-14(20)19(24)21-7-6-12-8-16(25-3)17(26-4)9-13(12)15(21)10-18(22)23/h8-9,14-15H,5-7,10-11H2,1-4H3,(H,22,23). The zero-order valence-electron chi connectivity index (χ0n) is 15.9. The monoisotopic (exact) mass is 361 g/mol. The van der Waals surface area contributed by atoms with Crippen molar-refractivity contribution in [2.24, 2.45) is 11.3 Å². The number of benzene rings is 1. The number of carbonyl (C=O) groups excluding carboxylic acids is 1. The molecule has 0 saturated heterocycles. The molecule has 1 aliphatic carbocycles. The Balaban J connectivity index is 1.96. The zero-order valence-corrected chi connectivity index (χ0v) is 15.9. The van der Waals surface area contributed by atoms with Gasteiger partial charge in [0.1, 0.15) is 0 Å². The summed E-state index contributed by atoms with van der Waals surface area (Å²) in [5.74, 6) is 0.359. The van der Waals surface area contributed by atoms with Crippen LogP contribution in [0.4, 0.5) is 0 Å². The van der Waals surface area contributed by atoms with Gasteiger partial charge in [0.05, 0.1) is 26.7 Å². The van der Waals surface area contributed by atoms with Crippen molar-refractivity contribution in [1.82, 2.24) is 4.90 Å². The molecule has 3 rings (SSSR count). The van der Waals surface area contributed by atoms with Gasteiger partial charge in [-0.1, -0.05) is 13.8 Å². The fourth-order valence-electron chi connectivity index (χ4n) is 4.06. The minimum absolute atomic E-state index is 0.00508. The molecule has 1 aromatic carbocycles. The second-order valence-electron chi connectivity index (χ2n) is 7.57. The molecule has 1 aliphatic heterocycles. The number of ether oxygens (including phenoxy) is 2. The lowest BCUT2D eigenvalue weighted by Gasteiger charge is -2.37. The highest BCUT2D eigenvalue weighted by atomic mass is 16.5. The third-order valence-corrected chi connectivity index (χ3v) is 6.11. The van der Waals surface area contributed by atoms with Crippen LogP contribution in [0, 0.1) is 11.3 Å². The van der Waals surface area contributed by atoms with E-state index < -0.39 is 12.0 Å². The van der Waals surface area contributed by atoms with Crippen LogP contribution < -0.4 is 9.47 Å². The average Bonchev–Trinajstić information content (AvgIpc) is 3.32. The van der Waals surface area contributed by atoms with Crippen LogP contribution in [0.25, 0.3) is 0 Å². The Kier molecular flexibility index (Phi) is 4.86. The summed E-state index contributed by atoms with van der Waals surface area (Å²) in [4.78, 5) is 26.4. The Morgan fingerprint density at radius 1 is 1.27 bits per heavy atom. The van der Waals surface area contributed by atoms with Crippen molar-refractivity contribution in [1.29, 1.82) is 0 Å². The maximum absolute atomic E-state index is 13.1. The Morgan fingerprint density at radius 2 is 1.92 bits per heavy atom. The summed E-state index contributed by atoms with van der Waals surface area (Å²) in [6, 6.07) is 3.26. The molecule has 6 heteroatoms. The van der Waals surface area contributed by atoms with Crippen LogP contribution in [-0.2, 0) is 16.0 Å². The predicted molar refractivity (Wildman–Crippen MR) is 96.5 cm³/mol. The molecule has 1 saturated carbocycles. The third-order valence-electron chi connectivity index (χ3n) is 6.11. The average molecular weight is 361 g/mol. The van der Waals surface area contributed by atoms with Crippen molar-refractivity contribution >= 4 is 11.9 Å². The van der Waals surface area contributed by atoms with Crippen molar-refractivity contribution in [2.45, 2.75) is 45.6 Å². The van der Waals surface area contributed by atoms with Gasteiger partial charge in [-0.2, -0.15) is 0 Å². The zero-order chi connectivity index (χ0) is 19.1. The van der Waals surface area contributed by atoms with Crippen molar-refractivity contribution in [3.63, 3.8) is 0 Å². The molecular formula is C20H27NO5. The summed E-state index contributed by atoms with van der Waals surface area (Å²) in [5, 5.41) is 9.43. The van der Waals surface area contributed by atoms with Crippen LogP contribution in [-0.4, -0.2) is 42.6 Å². The van der Waals surface area contributed by atoms with Crippen molar-refractivity contribution < 1.29 is 24.2 Å². The van der Waals surface area contributed by atoms with Gasteiger partial charge < -0.3 is 19.5 Å². The molecule has 0 spiro atoms. The maximum atomic E-state index is 13.1. The summed E-state index contributed by atoms with van der Waals surface area (Å²) in [6.07, 6.45) is 2.43. The van der Waals surface area contributed by atoms with E-state index in [1.54, 1.807) is 19.1 Å². The number of carboxylic acid groups (broad SMARTS) is 1. The second-order valence-corrected chi connectivity index (χ2v) is 7.57. The molecule has 142 valence electrons. The number of carbonyl (C=O) groups is 2. The Labute approximate surface area is 154 Å². The van der Waals surface area contributed by atoms with E-state index in [1.807, 2.05) is 12.1 Å². The molecule has 0 bridgehead atoms. The number of aliphatic carboxylic acids is 1. The lowest BCUT2D eigenvalue weighted by molar-refractivity contribution is -0.142. The number of nitrogens with zero attached hydrogens (tertiary/aromatic N) is 1. The molecule has 2 aliphatic rings. The van der Waals surface area contributed by atoms with Crippen LogP contribution in [0.2, 0.25) is 0 Å². The molecule has 1 aromatic rings. The SMILES string of the molecule is CCC1(C)CC1C(=O)N1CCc2cc(OC)c(OC)cc2C1CC(=O)O. The normalized spacial score (nSPS) is 26.8. The van der Waals surface area contributed by atoms with Gasteiger partial charge in [-0.3, -0.25) is 9.59 Å². The molecule has 1 N–H and O–H groups in total. The molecule has 0 aromatic heterocycles. The third kappa shape index (κ3) is 3.13. The van der Waals surface area contributed by atoms with Crippen LogP contribution in [0.15, 0.2) is 12.1 Å². The van der Waals surface area contributed by atoms with Crippen LogP contribution in [0.1, 0.15) is 50.3 Å². The van der Waals surface area contributed by atoms with Gasteiger partial charge in [-0.15, -0.1) is 0 Å². The van der Waals surface area contributed by atoms with Crippen LogP contribution >= 0.6 is 0 Å². The summed E-state index contributed by atoms with van der Waals surface area (Å²) in [5.41, 5.74) is 1.93. The van der Waals surface area contributed by atoms with Gasteiger partial charge >= 0.3 is 5.97 Å². The quantitative estimate of drug-likeness (QED) is 0.843. The Bertz CT molecular complexity index is 731. The van der Waals surface area contributed by atoms with Gasteiger partial charge in [0.15, 0.2) is 11.5 Å². The van der Waals surface area contributed by atoms with Crippen molar-refractivity contribution in [3.05, 3.63) is 23.3 Å². The lowest BCUT2D eigenvalue weighted by Crippen LogP contribution is -2.42. The fourth-order valence-corrected chi connectivity index (χ4v) is 4.06. The lowest BCUT2D eigenvalue weighted by atomic mass is 9.89. The number of rotatable bonds is 6. The highest BCUT2D eigenvalue weighted by molar-refractivity contribution is 5.84. The summed E-state index contributed by atoms with van der Waals surface area (Å²) in [6.45, 7) is 4.77. The predicted octanol–water partition coefficient (Wildman–Crippen LogP) is 3.04. The molecule has 1 fully saturated rings. The van der Waals surface area contributed by atoms with Gasteiger partial charge in [0.2, 0.25) is 5.91 Å². The summed E-state index contributed by atoms with van der Waals surface area (Å²) >= 11 is 0. The second kappa shape index (κ2) is 6.82. The molecule has 1 heterocycles. The fraction of sp³-hybridized carbons (Fsp3) is 0.600. The van der Waals surface area contributed by atoms with E-state index in [0.717, 1.165) is 24.0 Å². The first-order valence-corrected chi connectivity index (χ1v) is 9.11. The number of amides is 1. The highest BCUT2D eigenvalue weighted by Gasteiger charge is 2.55. The maximum Gasteiger partial charge on any atom is 0.305 e. The first kappa shape index (κ1) is 18.5. The van der Waals surface area contributed by atoms with E-state index in [2.05, 4.69) is 13.8 Å². The largest absolute Gasteiger partial charge is 0.493 e. The van der Waals surface area contributed by atoms with Crippen molar-refractivity contribution in [2.75, 3.05) is 20.8 Å². The minimum Gasteiger partial charge on any atom is -0.493 e. The smallest absolute Gasteiger partial charge is 0.305 e. The van der Waals surface area contributed by atoms with Crippen LogP contribution in [0.5, 0.6) is 11.5 Å². The number of fused-ring (bicyclic) bond motifs is 1. The van der Waals surface area contributed by atoms with Crippen LogP contribution in [0.3, 0.4) is 0 Å². The van der Waals surface area contributed by atoms with E-state index in [9.17, 15) is 14.7 Å². The molecule has 1 amide bonds. The van der Waals surface area contributed by atoms with E-state index in [0.29, 0.717) is 24.5 Å². The molecule has 3 atom stereocenters. The van der Waals surface area contributed by atoms with E-state index in [1.165, 1.54) is 0 Å². The summed E-state index contributed by atoms with van der Waals surface area (Å²) in [7, 11) is 3.13. The molecule has 3 unspecified atom stereocenters. The highest BCUT2D eigenvalue weighted by Crippen LogP contribution is 2.56. The van der Waals surface area contributed by atoms with Gasteiger partial charge in [-0.25, -0.2) is 0 Å². The first-order chi connectivity index (χ1) is 12.3. The van der Waals surface area contributed by atoms with Gasteiger partial charge in [-0.05, 0) is 47.9 Å². The van der Waals surface area contributed by atoms with Gasteiger partial charge in [0, 0.05) is 12.5 Å². The van der Waals surface area contributed by atoms with E-state index in [-0.39, 0.29) is 23.7 Å². The minimum atomic E-state index is -0.913. The summed E-state index contributed by atoms with van der Waals surface area (Å²) < 4.78 is 10.7. The molecular weight excluding hydrogens is 334 g/mol. The number of methoxy groups -OCH3 is 2. The topological polar surface area (TPSA) is 76.1 Å². The number of hydrogen-bond acceptors (Lipinski definition) is 4. The number of hydrogen-bond donors (Lipinski definition) is 1. The van der Waals surface area contributed by atoms with Gasteiger partial charge in [0.25, 0.3) is 0 Å². The molecule has 0 radical (unpaired) electrons. The Hall–Kier alpha value is -2.24. The molecule has 6 nitrogen and oxygen atoms in total. The number of carboxylic acids is 1. The van der Waals surface area contributed by atoms with Crippen molar-refractivity contribution in [3.8, 4) is 11.5 Å². The molecule has 26 heavy (non-hydrogen) atoms. The van der Waals surface area contributed by atoms with E-state index in [4.69, 9.17) is 9.47 Å². The van der Waals surface area contributed by atoms with E-state index >= 15 is 0 Å². The first-order valence-electron chi connectivity index (χ1n) is 9.11. The Morgan fingerprint density at radius 3 is 2.46 bits per heavy atom.